The first-order valence-electron chi connectivity index (χ1n) is 12.0. The van der Waals surface area contributed by atoms with Gasteiger partial charge in [-0.3, -0.25) is 9.78 Å². The molecule has 6 rings (SSSR count). The van der Waals surface area contributed by atoms with Crippen molar-refractivity contribution < 1.29 is 4.74 Å². The van der Waals surface area contributed by atoms with E-state index in [4.69, 9.17) is 21.3 Å². The Kier molecular flexibility index (Phi) is 6.04. The van der Waals surface area contributed by atoms with Crippen LogP contribution in [0, 0.1) is 0 Å². The van der Waals surface area contributed by atoms with Gasteiger partial charge >= 0.3 is 0 Å². The molecule has 1 fully saturated rings. The Morgan fingerprint density at radius 3 is 2.78 bits per heavy atom. The van der Waals surface area contributed by atoms with E-state index in [1.54, 1.807) is 12.3 Å². The van der Waals surface area contributed by atoms with Crippen LogP contribution in [0.5, 0.6) is 0 Å². The molecule has 3 N–H and O–H groups in total. The summed E-state index contributed by atoms with van der Waals surface area (Å²) in [6.45, 7) is 3.75. The molecule has 0 radical (unpaired) electrons. The van der Waals surface area contributed by atoms with E-state index >= 15 is 0 Å². The van der Waals surface area contributed by atoms with Gasteiger partial charge in [0.05, 0.1) is 35.5 Å². The van der Waals surface area contributed by atoms with Crippen molar-refractivity contribution in [1.82, 2.24) is 19.9 Å². The third-order valence-corrected chi connectivity index (χ3v) is 6.73. The number of anilines is 2. The van der Waals surface area contributed by atoms with Gasteiger partial charge in [0.2, 0.25) is 0 Å². The third-order valence-electron chi connectivity index (χ3n) is 6.49. The highest BCUT2D eigenvalue weighted by Gasteiger charge is 2.19. The van der Waals surface area contributed by atoms with Crippen LogP contribution >= 0.6 is 11.6 Å². The number of ether oxygens (including phenoxy) is 1. The summed E-state index contributed by atoms with van der Waals surface area (Å²) in [7, 11) is 0. The first-order valence-corrected chi connectivity index (χ1v) is 12.3. The number of halogens is 1. The minimum atomic E-state index is -0.221. The average Bonchev–Trinajstić information content (AvgIpc) is 3.33. The Morgan fingerprint density at radius 2 is 1.94 bits per heavy atom. The minimum absolute atomic E-state index is 0.221. The van der Waals surface area contributed by atoms with Crippen LogP contribution in [0.15, 0.2) is 65.7 Å². The van der Waals surface area contributed by atoms with Crippen molar-refractivity contribution in [2.75, 3.05) is 43.1 Å². The lowest BCUT2D eigenvalue weighted by Crippen LogP contribution is -2.36. The van der Waals surface area contributed by atoms with Gasteiger partial charge < -0.3 is 24.9 Å². The third kappa shape index (κ3) is 4.41. The summed E-state index contributed by atoms with van der Waals surface area (Å²) < 4.78 is 5.48. The average molecular weight is 501 g/mol. The Morgan fingerprint density at radius 1 is 1.06 bits per heavy atom. The summed E-state index contributed by atoms with van der Waals surface area (Å²) in [6.07, 6.45) is 4.36. The molecule has 0 atom stereocenters. The Balaban J connectivity index is 1.42. The van der Waals surface area contributed by atoms with E-state index < -0.39 is 0 Å². The Hall–Kier alpha value is -3.88. The van der Waals surface area contributed by atoms with Crippen LogP contribution in [0.2, 0.25) is 5.02 Å². The topological polar surface area (TPSA) is 98.9 Å². The first-order chi connectivity index (χ1) is 17.7. The smallest absolute Gasteiger partial charge is 0.261 e. The quantitative estimate of drug-likeness (QED) is 0.315. The van der Waals surface area contributed by atoms with Gasteiger partial charge in [0.25, 0.3) is 5.56 Å². The van der Waals surface area contributed by atoms with E-state index in [-0.39, 0.29) is 5.56 Å². The van der Waals surface area contributed by atoms with Gasteiger partial charge in [-0.25, -0.2) is 4.98 Å². The molecule has 8 nitrogen and oxygen atoms in total. The number of hydrogen-bond acceptors (Lipinski definition) is 6. The molecule has 1 aliphatic heterocycles. The number of aromatic amines is 2. The number of nitrogens with one attached hydrogen (secondary N) is 3. The predicted octanol–water partition coefficient (Wildman–Crippen LogP) is 4.61. The number of benzene rings is 2. The Bertz CT molecular complexity index is 1590. The number of imidazole rings is 1. The standard InChI is InChI=1S/C27H25ClN6O2/c28-18-3-5-21-20(14-18)25(30-9-7-17-2-1-8-29-16-17)24(27(35)33-21)26-31-22-6-4-19(15-23(22)32-26)34-10-12-36-13-11-34/h1-6,8,14-16H,7,9-13H2,(H,31,32)(H2,30,33,35). The molecule has 0 saturated carbocycles. The van der Waals surface area contributed by atoms with Crippen molar-refractivity contribution in [1.29, 1.82) is 0 Å². The van der Waals surface area contributed by atoms with Crippen molar-refractivity contribution in [2.45, 2.75) is 6.42 Å². The lowest BCUT2D eigenvalue weighted by atomic mass is 10.1. The van der Waals surface area contributed by atoms with E-state index in [0.29, 0.717) is 34.2 Å². The molecule has 0 bridgehead atoms. The van der Waals surface area contributed by atoms with Crippen molar-refractivity contribution in [2.24, 2.45) is 0 Å². The Labute approximate surface area is 212 Å². The molecular formula is C27H25ClN6O2. The SMILES string of the molecule is O=c1[nH]c2ccc(Cl)cc2c(NCCc2cccnc2)c1-c1nc2ccc(N3CCOCC3)cc2[nH]1. The van der Waals surface area contributed by atoms with Gasteiger partial charge in [0, 0.05) is 48.1 Å². The van der Waals surface area contributed by atoms with Crippen molar-refractivity contribution in [3.63, 3.8) is 0 Å². The number of pyridine rings is 2. The summed E-state index contributed by atoms with van der Waals surface area (Å²) in [6, 6.07) is 15.5. The van der Waals surface area contributed by atoms with E-state index in [1.165, 1.54) is 0 Å². The lowest BCUT2D eigenvalue weighted by Gasteiger charge is -2.28. The minimum Gasteiger partial charge on any atom is -0.383 e. The largest absolute Gasteiger partial charge is 0.383 e. The van der Waals surface area contributed by atoms with Crippen molar-refractivity contribution in [3.05, 3.63) is 81.9 Å². The molecule has 5 aromatic rings. The maximum absolute atomic E-state index is 13.3. The molecule has 4 heterocycles. The van der Waals surface area contributed by atoms with Gasteiger partial charge in [0.1, 0.15) is 11.4 Å². The molecule has 1 saturated heterocycles. The zero-order chi connectivity index (χ0) is 24.5. The normalized spacial score (nSPS) is 14.0. The van der Waals surface area contributed by atoms with Gasteiger partial charge in [-0.1, -0.05) is 17.7 Å². The molecule has 0 spiro atoms. The zero-order valence-corrected chi connectivity index (χ0v) is 20.3. The number of hydrogen-bond donors (Lipinski definition) is 3. The molecule has 9 heteroatoms. The molecule has 0 amide bonds. The molecule has 36 heavy (non-hydrogen) atoms. The van der Waals surface area contributed by atoms with Crippen molar-refractivity contribution >= 4 is 44.9 Å². The maximum Gasteiger partial charge on any atom is 0.261 e. The lowest BCUT2D eigenvalue weighted by molar-refractivity contribution is 0.122. The van der Waals surface area contributed by atoms with E-state index in [0.717, 1.165) is 60.4 Å². The highest BCUT2D eigenvalue weighted by molar-refractivity contribution is 6.31. The van der Waals surface area contributed by atoms with Gasteiger partial charge in [0.15, 0.2) is 0 Å². The highest BCUT2D eigenvalue weighted by atomic mass is 35.5. The van der Waals surface area contributed by atoms with Gasteiger partial charge in [-0.15, -0.1) is 0 Å². The van der Waals surface area contributed by atoms with Crippen molar-refractivity contribution in [3.8, 4) is 11.4 Å². The van der Waals surface area contributed by atoms with Crippen LogP contribution in [0.3, 0.4) is 0 Å². The van der Waals surface area contributed by atoms with E-state index in [2.05, 4.69) is 37.3 Å². The molecule has 2 aromatic carbocycles. The number of aromatic nitrogens is 4. The second-order valence-electron chi connectivity index (χ2n) is 8.82. The maximum atomic E-state index is 13.3. The number of rotatable bonds is 6. The molecule has 0 unspecified atom stereocenters. The van der Waals surface area contributed by atoms with E-state index in [9.17, 15) is 4.79 Å². The fraction of sp³-hybridized carbons (Fsp3) is 0.222. The number of fused-ring (bicyclic) bond motifs is 2. The molecule has 1 aliphatic rings. The predicted molar refractivity (Wildman–Crippen MR) is 144 cm³/mol. The van der Waals surface area contributed by atoms with E-state index in [1.807, 2.05) is 36.5 Å². The first kappa shape index (κ1) is 22.6. The fourth-order valence-corrected chi connectivity index (χ4v) is 4.86. The van der Waals surface area contributed by atoms with Gasteiger partial charge in [-0.2, -0.15) is 0 Å². The van der Waals surface area contributed by atoms with Crippen LogP contribution < -0.4 is 15.8 Å². The highest BCUT2D eigenvalue weighted by Crippen LogP contribution is 2.33. The number of morpholine rings is 1. The summed E-state index contributed by atoms with van der Waals surface area (Å²) in [5.41, 5.74) is 5.54. The van der Waals surface area contributed by atoms with Gasteiger partial charge in [-0.05, 0) is 54.4 Å². The van der Waals surface area contributed by atoms with Crippen LogP contribution in [0.25, 0.3) is 33.3 Å². The molecular weight excluding hydrogens is 476 g/mol. The summed E-state index contributed by atoms with van der Waals surface area (Å²) in [5, 5.41) is 4.91. The summed E-state index contributed by atoms with van der Waals surface area (Å²) >= 11 is 6.35. The van der Waals surface area contributed by atoms with Crippen LogP contribution in [0.4, 0.5) is 11.4 Å². The summed E-state index contributed by atoms with van der Waals surface area (Å²) in [5.74, 6) is 0.510. The number of nitrogens with zero attached hydrogens (tertiary/aromatic N) is 3. The molecule has 3 aromatic heterocycles. The molecule has 0 aliphatic carbocycles. The summed E-state index contributed by atoms with van der Waals surface area (Å²) in [4.78, 5) is 31.0. The second-order valence-corrected chi connectivity index (χ2v) is 9.25. The second kappa shape index (κ2) is 9.64. The van der Waals surface area contributed by atoms with Crippen LogP contribution in [0.1, 0.15) is 5.56 Å². The zero-order valence-electron chi connectivity index (χ0n) is 19.6. The van der Waals surface area contributed by atoms with Crippen LogP contribution in [-0.2, 0) is 11.2 Å². The fourth-order valence-electron chi connectivity index (χ4n) is 4.69. The van der Waals surface area contributed by atoms with Crippen LogP contribution in [-0.4, -0.2) is 52.8 Å². The molecule has 182 valence electrons. The number of H-pyrrole nitrogens is 2. The monoisotopic (exact) mass is 500 g/mol.